The molecule has 1 aromatic rings. The lowest BCUT2D eigenvalue weighted by molar-refractivity contribution is 0.325. The first-order valence-corrected chi connectivity index (χ1v) is 8.99. The summed E-state index contributed by atoms with van der Waals surface area (Å²) in [5, 5.41) is 0. The van der Waals surface area contributed by atoms with Gasteiger partial charge >= 0.3 is 0 Å². The number of benzene rings is 1. The summed E-state index contributed by atoms with van der Waals surface area (Å²) >= 11 is 3.73. The summed E-state index contributed by atoms with van der Waals surface area (Å²) in [5.74, 6) is 0. The van der Waals surface area contributed by atoms with Crippen LogP contribution in [0.3, 0.4) is 0 Å². The maximum atomic E-state index is 6.07. The van der Waals surface area contributed by atoms with E-state index >= 15 is 0 Å². The molecule has 1 aromatic carbocycles. The zero-order valence-corrected chi connectivity index (χ0v) is 15.2. The molecule has 1 fully saturated rings. The third kappa shape index (κ3) is 4.72. The van der Waals surface area contributed by atoms with Crippen LogP contribution in [0.15, 0.2) is 22.7 Å². The summed E-state index contributed by atoms with van der Waals surface area (Å²) in [4.78, 5) is 2.53. The van der Waals surface area contributed by atoms with Crippen molar-refractivity contribution in [3.63, 3.8) is 0 Å². The highest BCUT2D eigenvalue weighted by Gasteiger charge is 2.23. The molecule has 1 heterocycles. The van der Waals surface area contributed by atoms with E-state index in [-0.39, 0.29) is 6.04 Å². The molecule has 0 saturated carbocycles. The molecule has 118 valence electrons. The zero-order chi connectivity index (χ0) is 15.5. The Morgan fingerprint density at radius 2 is 2.05 bits per heavy atom. The molecule has 2 N–H and O–H groups in total. The van der Waals surface area contributed by atoms with Crippen LogP contribution < -0.4 is 10.6 Å². The van der Waals surface area contributed by atoms with Crippen molar-refractivity contribution in [2.75, 3.05) is 18.0 Å². The highest BCUT2D eigenvalue weighted by Crippen LogP contribution is 2.33. The van der Waals surface area contributed by atoms with Crippen LogP contribution in [0.1, 0.15) is 52.0 Å². The average molecular weight is 353 g/mol. The van der Waals surface area contributed by atoms with Gasteiger partial charge in [0.1, 0.15) is 0 Å². The fourth-order valence-corrected chi connectivity index (χ4v) is 3.53. The van der Waals surface area contributed by atoms with E-state index in [1.165, 1.54) is 41.5 Å². The molecule has 21 heavy (non-hydrogen) atoms. The van der Waals surface area contributed by atoms with Gasteiger partial charge in [-0.25, -0.2) is 0 Å². The van der Waals surface area contributed by atoms with Crippen LogP contribution in [-0.4, -0.2) is 19.1 Å². The number of nitrogens with two attached hydrogens (primary N) is 1. The van der Waals surface area contributed by atoms with Crippen LogP contribution in [0.4, 0.5) is 5.69 Å². The Hall–Kier alpha value is -0.540. The average Bonchev–Trinajstić information content (AvgIpc) is 2.62. The van der Waals surface area contributed by atoms with Gasteiger partial charge in [0.2, 0.25) is 0 Å². The van der Waals surface area contributed by atoms with E-state index in [1.54, 1.807) is 0 Å². The van der Waals surface area contributed by atoms with Crippen molar-refractivity contribution in [3.8, 4) is 0 Å². The number of hydrogen-bond acceptors (Lipinski definition) is 2. The molecule has 0 bridgehead atoms. The molecule has 1 aliphatic rings. The minimum atomic E-state index is 0.256. The van der Waals surface area contributed by atoms with E-state index < -0.39 is 0 Å². The van der Waals surface area contributed by atoms with Gasteiger partial charge in [-0.3, -0.25) is 0 Å². The zero-order valence-electron chi connectivity index (χ0n) is 13.7. The second kappa shape index (κ2) is 7.15. The summed E-state index contributed by atoms with van der Waals surface area (Å²) in [5.41, 5.74) is 9.22. The summed E-state index contributed by atoms with van der Waals surface area (Å²) in [6, 6.07) is 7.04. The molecule has 0 aromatic heterocycles. The molecular weight excluding hydrogens is 324 g/mol. The number of anilines is 1. The Morgan fingerprint density at radius 1 is 1.29 bits per heavy atom. The number of nitrogens with zero attached hydrogens (tertiary/aromatic N) is 1. The molecule has 0 radical (unpaired) electrons. The fraction of sp³-hybridized carbons (Fsp3) is 0.667. The van der Waals surface area contributed by atoms with Gasteiger partial charge in [0.05, 0.1) is 0 Å². The minimum absolute atomic E-state index is 0.256. The first kappa shape index (κ1) is 16.8. The van der Waals surface area contributed by atoms with E-state index in [0.29, 0.717) is 5.41 Å². The van der Waals surface area contributed by atoms with Crippen LogP contribution in [0.5, 0.6) is 0 Å². The lowest BCUT2D eigenvalue weighted by Crippen LogP contribution is -2.25. The molecule has 0 aliphatic carbocycles. The lowest BCUT2D eigenvalue weighted by Gasteiger charge is -2.25. The topological polar surface area (TPSA) is 29.3 Å². The number of halogens is 1. The maximum Gasteiger partial charge on any atom is 0.0377 e. The Labute approximate surface area is 138 Å². The molecule has 1 saturated heterocycles. The van der Waals surface area contributed by atoms with Gasteiger partial charge in [-0.15, -0.1) is 0 Å². The largest absolute Gasteiger partial charge is 0.371 e. The molecule has 1 aliphatic heterocycles. The summed E-state index contributed by atoms with van der Waals surface area (Å²) in [6.07, 6.45) is 5.86. The Morgan fingerprint density at radius 3 is 2.71 bits per heavy atom. The van der Waals surface area contributed by atoms with E-state index in [1.807, 2.05) is 0 Å². The highest BCUT2D eigenvalue weighted by atomic mass is 79.9. The van der Waals surface area contributed by atoms with Crippen molar-refractivity contribution in [3.05, 3.63) is 28.2 Å². The molecule has 1 atom stereocenters. The molecule has 0 amide bonds. The van der Waals surface area contributed by atoms with Gasteiger partial charge in [-0.1, -0.05) is 42.8 Å². The predicted octanol–water partition coefficient (Wildman–Crippen LogP) is 4.75. The molecule has 1 unspecified atom stereocenters. The Balaban J connectivity index is 2.09. The van der Waals surface area contributed by atoms with Gasteiger partial charge in [-0.05, 0) is 55.2 Å². The van der Waals surface area contributed by atoms with Gasteiger partial charge in [0.25, 0.3) is 0 Å². The van der Waals surface area contributed by atoms with E-state index in [0.717, 1.165) is 19.4 Å². The Bertz CT molecular complexity index is 470. The second-order valence-corrected chi connectivity index (χ2v) is 8.01. The van der Waals surface area contributed by atoms with Crippen molar-refractivity contribution < 1.29 is 0 Å². The molecule has 3 heteroatoms. The lowest BCUT2D eigenvalue weighted by atomic mass is 9.85. The monoisotopic (exact) mass is 352 g/mol. The van der Waals surface area contributed by atoms with Crippen molar-refractivity contribution in [1.82, 2.24) is 0 Å². The smallest absolute Gasteiger partial charge is 0.0377 e. The normalized spacial score (nSPS) is 20.1. The van der Waals surface area contributed by atoms with Crippen molar-refractivity contribution in [2.45, 2.75) is 58.9 Å². The first-order chi connectivity index (χ1) is 9.91. The molecule has 0 spiro atoms. The Kier molecular flexibility index (Phi) is 5.73. The first-order valence-electron chi connectivity index (χ1n) is 8.20. The molecule has 2 rings (SSSR count). The van der Waals surface area contributed by atoms with E-state index in [2.05, 4.69) is 59.8 Å². The molecule has 2 nitrogen and oxygen atoms in total. The van der Waals surface area contributed by atoms with Crippen LogP contribution in [0, 0.1) is 5.41 Å². The van der Waals surface area contributed by atoms with Crippen LogP contribution in [0.25, 0.3) is 0 Å². The van der Waals surface area contributed by atoms with Crippen LogP contribution >= 0.6 is 15.9 Å². The third-order valence-electron chi connectivity index (χ3n) is 4.75. The van der Waals surface area contributed by atoms with Crippen molar-refractivity contribution >= 4 is 21.6 Å². The van der Waals surface area contributed by atoms with Gasteiger partial charge in [0.15, 0.2) is 0 Å². The van der Waals surface area contributed by atoms with Crippen LogP contribution in [0.2, 0.25) is 0 Å². The van der Waals surface area contributed by atoms with Crippen LogP contribution in [-0.2, 0) is 6.42 Å². The summed E-state index contributed by atoms with van der Waals surface area (Å²) in [7, 11) is 0. The van der Waals surface area contributed by atoms with Gasteiger partial charge < -0.3 is 10.6 Å². The second-order valence-electron chi connectivity index (χ2n) is 7.15. The highest BCUT2D eigenvalue weighted by molar-refractivity contribution is 9.10. The third-order valence-corrected chi connectivity index (χ3v) is 5.49. The van der Waals surface area contributed by atoms with Gasteiger partial charge in [-0.2, -0.15) is 0 Å². The predicted molar refractivity (Wildman–Crippen MR) is 96.0 cm³/mol. The van der Waals surface area contributed by atoms with Crippen molar-refractivity contribution in [1.29, 1.82) is 0 Å². The molecular formula is C18H29BrN2. The van der Waals surface area contributed by atoms with Crippen molar-refractivity contribution in [2.24, 2.45) is 11.1 Å². The number of rotatable bonds is 4. The standard InChI is InChI=1S/C18H29BrN2/c1-4-15(20)12-14-6-7-16(13-17(14)19)21-10-5-8-18(2,3)9-11-21/h6-7,13,15H,4-5,8-12,20H2,1-3H3. The van der Waals surface area contributed by atoms with E-state index in [4.69, 9.17) is 5.73 Å². The fourth-order valence-electron chi connectivity index (χ4n) is 3.01. The number of hydrogen-bond donors (Lipinski definition) is 1. The SMILES string of the molecule is CCC(N)Cc1ccc(N2CCCC(C)(C)CC2)cc1Br. The summed E-state index contributed by atoms with van der Waals surface area (Å²) < 4.78 is 1.20. The minimum Gasteiger partial charge on any atom is -0.371 e. The van der Waals surface area contributed by atoms with Gasteiger partial charge in [0, 0.05) is 29.3 Å². The summed E-state index contributed by atoms with van der Waals surface area (Å²) in [6.45, 7) is 9.26. The quantitative estimate of drug-likeness (QED) is 0.847. The maximum absolute atomic E-state index is 6.07. The van der Waals surface area contributed by atoms with E-state index in [9.17, 15) is 0 Å².